The lowest BCUT2D eigenvalue weighted by molar-refractivity contribution is 0.206. The normalized spacial score (nSPS) is 15.6. The molecule has 0 spiro atoms. The van der Waals surface area contributed by atoms with Gasteiger partial charge in [0.15, 0.2) is 0 Å². The topological polar surface area (TPSA) is 79.1 Å². The molecular formula is C8H12N2O2. The number of H-pyrrole nitrogens is 1. The van der Waals surface area contributed by atoms with Crippen LogP contribution >= 0.6 is 0 Å². The molecule has 1 aromatic heterocycles. The van der Waals surface area contributed by atoms with E-state index in [1.165, 1.54) is 6.07 Å². The van der Waals surface area contributed by atoms with Gasteiger partial charge in [-0.2, -0.15) is 0 Å². The van der Waals surface area contributed by atoms with E-state index in [9.17, 15) is 4.79 Å². The maximum atomic E-state index is 10.9. The molecule has 1 rings (SSSR count). The fourth-order valence-electron chi connectivity index (χ4n) is 0.866. The van der Waals surface area contributed by atoms with E-state index >= 15 is 0 Å². The highest BCUT2D eigenvalue weighted by Gasteiger charge is 2.20. The summed E-state index contributed by atoms with van der Waals surface area (Å²) in [5, 5.41) is 8.89. The van der Waals surface area contributed by atoms with E-state index < -0.39 is 5.54 Å². The van der Waals surface area contributed by atoms with E-state index in [1.54, 1.807) is 19.1 Å². The van der Waals surface area contributed by atoms with Crippen molar-refractivity contribution in [3.63, 3.8) is 0 Å². The van der Waals surface area contributed by atoms with Crippen molar-refractivity contribution in [1.29, 1.82) is 0 Å². The molecule has 4 nitrogen and oxygen atoms in total. The van der Waals surface area contributed by atoms with Gasteiger partial charge >= 0.3 is 0 Å². The van der Waals surface area contributed by atoms with Crippen molar-refractivity contribution < 1.29 is 5.11 Å². The standard InChI is InChI=1S/C8H12N2O2/c1-8(9,5-11)6-3-2-4-7(12)10-6/h2-4,11H,5,9H2,1H3,(H,10,12)/t8-/m1/s1. The molecule has 1 atom stereocenters. The largest absolute Gasteiger partial charge is 0.394 e. The molecule has 0 saturated heterocycles. The van der Waals surface area contributed by atoms with Crippen LogP contribution in [0.1, 0.15) is 12.6 Å². The third-order valence-corrected chi connectivity index (χ3v) is 1.71. The Balaban J connectivity index is 3.11. The molecule has 1 heterocycles. The molecule has 0 aromatic carbocycles. The van der Waals surface area contributed by atoms with Crippen molar-refractivity contribution in [3.8, 4) is 0 Å². The number of hydrogen-bond acceptors (Lipinski definition) is 3. The minimum Gasteiger partial charge on any atom is -0.394 e. The SMILES string of the molecule is C[C@@](N)(CO)c1cccc(=O)[nH]1. The molecule has 0 aliphatic heterocycles. The summed E-state index contributed by atoms with van der Waals surface area (Å²) in [5.41, 5.74) is 5.14. The minimum absolute atomic E-state index is 0.201. The van der Waals surface area contributed by atoms with Gasteiger partial charge in [0, 0.05) is 11.8 Å². The van der Waals surface area contributed by atoms with E-state index in [0.717, 1.165) is 0 Å². The number of aliphatic hydroxyl groups is 1. The van der Waals surface area contributed by atoms with Crippen molar-refractivity contribution in [2.24, 2.45) is 5.73 Å². The zero-order valence-electron chi connectivity index (χ0n) is 6.87. The summed E-state index contributed by atoms with van der Waals surface area (Å²) >= 11 is 0. The molecule has 1 aromatic rings. The van der Waals surface area contributed by atoms with E-state index in [1.807, 2.05) is 0 Å². The molecule has 0 radical (unpaired) electrons. The third kappa shape index (κ3) is 1.72. The predicted octanol–water partition coefficient (Wildman–Crippen LogP) is -0.459. The summed E-state index contributed by atoms with van der Waals surface area (Å²) in [5.74, 6) is 0. The van der Waals surface area contributed by atoms with Gasteiger partial charge in [-0.25, -0.2) is 0 Å². The van der Waals surface area contributed by atoms with Crippen molar-refractivity contribution in [2.75, 3.05) is 6.61 Å². The number of pyridine rings is 1. The van der Waals surface area contributed by atoms with Gasteiger partial charge in [0.2, 0.25) is 5.56 Å². The van der Waals surface area contributed by atoms with Gasteiger partial charge in [0.05, 0.1) is 12.1 Å². The van der Waals surface area contributed by atoms with Gasteiger partial charge in [-0.05, 0) is 13.0 Å². The van der Waals surface area contributed by atoms with Crippen LogP contribution in [0.4, 0.5) is 0 Å². The molecule has 0 bridgehead atoms. The van der Waals surface area contributed by atoms with Crippen LogP contribution in [0.25, 0.3) is 0 Å². The van der Waals surface area contributed by atoms with Crippen molar-refractivity contribution in [1.82, 2.24) is 4.98 Å². The van der Waals surface area contributed by atoms with Crippen LogP contribution < -0.4 is 11.3 Å². The van der Waals surface area contributed by atoms with Crippen molar-refractivity contribution >= 4 is 0 Å². The van der Waals surface area contributed by atoms with Crippen LogP contribution in [-0.2, 0) is 5.54 Å². The fraction of sp³-hybridized carbons (Fsp3) is 0.375. The number of hydrogen-bond donors (Lipinski definition) is 3. The third-order valence-electron chi connectivity index (χ3n) is 1.71. The molecule has 0 fully saturated rings. The van der Waals surface area contributed by atoms with Crippen LogP contribution in [0.2, 0.25) is 0 Å². The predicted molar refractivity (Wildman–Crippen MR) is 45.7 cm³/mol. The molecule has 66 valence electrons. The Morgan fingerprint density at radius 1 is 1.67 bits per heavy atom. The molecular weight excluding hydrogens is 156 g/mol. The first-order chi connectivity index (χ1) is 5.56. The second-order valence-corrected chi connectivity index (χ2v) is 3.00. The second kappa shape index (κ2) is 3.08. The van der Waals surface area contributed by atoms with Gasteiger partial charge in [0.25, 0.3) is 0 Å². The molecule has 0 amide bonds. The van der Waals surface area contributed by atoms with Crippen LogP contribution in [0.15, 0.2) is 23.0 Å². The van der Waals surface area contributed by atoms with E-state index in [0.29, 0.717) is 5.69 Å². The average molecular weight is 168 g/mol. The van der Waals surface area contributed by atoms with E-state index in [4.69, 9.17) is 10.8 Å². The summed E-state index contributed by atoms with van der Waals surface area (Å²) < 4.78 is 0. The zero-order valence-corrected chi connectivity index (χ0v) is 6.87. The molecule has 4 heteroatoms. The van der Waals surface area contributed by atoms with Crippen LogP contribution in [0.3, 0.4) is 0 Å². The fourth-order valence-corrected chi connectivity index (χ4v) is 0.866. The van der Waals surface area contributed by atoms with Crippen LogP contribution in [-0.4, -0.2) is 16.7 Å². The van der Waals surface area contributed by atoms with E-state index in [2.05, 4.69) is 4.98 Å². The quantitative estimate of drug-likeness (QED) is 0.559. The highest BCUT2D eigenvalue weighted by atomic mass is 16.3. The number of aliphatic hydroxyl groups excluding tert-OH is 1. The van der Waals surface area contributed by atoms with Gasteiger partial charge in [-0.15, -0.1) is 0 Å². The highest BCUT2D eigenvalue weighted by molar-refractivity contribution is 5.13. The molecule has 4 N–H and O–H groups in total. The lowest BCUT2D eigenvalue weighted by atomic mass is 10.0. The summed E-state index contributed by atoms with van der Waals surface area (Å²) in [4.78, 5) is 13.4. The first kappa shape index (κ1) is 8.96. The van der Waals surface area contributed by atoms with Crippen LogP contribution in [0.5, 0.6) is 0 Å². The second-order valence-electron chi connectivity index (χ2n) is 3.00. The molecule has 0 aliphatic carbocycles. The molecule has 12 heavy (non-hydrogen) atoms. The number of aromatic amines is 1. The van der Waals surface area contributed by atoms with E-state index in [-0.39, 0.29) is 12.2 Å². The Morgan fingerprint density at radius 2 is 2.33 bits per heavy atom. The van der Waals surface area contributed by atoms with Crippen molar-refractivity contribution in [2.45, 2.75) is 12.5 Å². The maximum Gasteiger partial charge on any atom is 0.248 e. The summed E-state index contributed by atoms with van der Waals surface area (Å²) in [6.45, 7) is 1.45. The maximum absolute atomic E-state index is 10.9. The smallest absolute Gasteiger partial charge is 0.248 e. The Hall–Kier alpha value is -1.13. The monoisotopic (exact) mass is 168 g/mol. The lowest BCUT2D eigenvalue weighted by Crippen LogP contribution is -2.38. The Morgan fingerprint density at radius 3 is 2.83 bits per heavy atom. The Bertz CT molecular complexity index is 317. The first-order valence-electron chi connectivity index (χ1n) is 3.66. The molecule has 0 saturated carbocycles. The zero-order chi connectivity index (χ0) is 9.19. The summed E-state index contributed by atoms with van der Waals surface area (Å²) in [7, 11) is 0. The van der Waals surface area contributed by atoms with Crippen LogP contribution in [0, 0.1) is 0 Å². The van der Waals surface area contributed by atoms with Crippen molar-refractivity contribution in [3.05, 3.63) is 34.2 Å². The average Bonchev–Trinajstić information content (AvgIpc) is 2.05. The summed E-state index contributed by atoms with van der Waals surface area (Å²) in [6.07, 6.45) is 0. The number of aromatic nitrogens is 1. The summed E-state index contributed by atoms with van der Waals surface area (Å²) in [6, 6.07) is 4.68. The Kier molecular flexibility index (Phi) is 2.30. The Labute approximate surface area is 70.0 Å². The number of rotatable bonds is 2. The minimum atomic E-state index is -0.875. The molecule has 0 aliphatic rings. The lowest BCUT2D eigenvalue weighted by Gasteiger charge is -2.20. The first-order valence-corrected chi connectivity index (χ1v) is 3.66. The van der Waals surface area contributed by atoms with Gasteiger partial charge in [-0.3, -0.25) is 4.79 Å². The number of nitrogens with two attached hydrogens (primary N) is 1. The van der Waals surface area contributed by atoms with Gasteiger partial charge in [0.1, 0.15) is 0 Å². The van der Waals surface area contributed by atoms with Gasteiger partial charge < -0.3 is 15.8 Å². The number of nitrogens with one attached hydrogen (secondary N) is 1. The van der Waals surface area contributed by atoms with Gasteiger partial charge in [-0.1, -0.05) is 6.07 Å². The highest BCUT2D eigenvalue weighted by Crippen LogP contribution is 2.11. The molecule has 0 unspecified atom stereocenters.